The summed E-state index contributed by atoms with van der Waals surface area (Å²) >= 11 is 4.97. The Morgan fingerprint density at radius 3 is 1.24 bits per heavy atom. The van der Waals surface area contributed by atoms with E-state index in [1.165, 1.54) is 33.5 Å². The number of carbonyl (C=O) groups excluding carboxylic acids is 2. The van der Waals surface area contributed by atoms with Gasteiger partial charge in [0.05, 0.1) is 5.92 Å². The predicted molar refractivity (Wildman–Crippen MR) is 121 cm³/mol. The van der Waals surface area contributed by atoms with Crippen molar-refractivity contribution in [3.63, 3.8) is 0 Å². The number of nitrogens with zero attached hydrogens (tertiary/aromatic N) is 1. The first-order chi connectivity index (χ1) is 15.9. The molecule has 0 unspecified atom stereocenters. The Kier molecular flexibility index (Phi) is 33.3. The molecule has 0 bridgehead atoms. The first kappa shape index (κ1) is 51.6. The van der Waals surface area contributed by atoms with E-state index in [-0.39, 0.29) is 70.3 Å². The fourth-order valence-electron chi connectivity index (χ4n) is 1.14. The normalized spacial score (nSPS) is 11.4. The second-order valence-electron chi connectivity index (χ2n) is 7.18. The van der Waals surface area contributed by atoms with Crippen LogP contribution in [0.25, 0.3) is 0 Å². The number of esters is 1. The van der Waals surface area contributed by atoms with Crippen LogP contribution in [0.4, 0.5) is 17.6 Å². The van der Waals surface area contributed by atoms with Crippen molar-refractivity contribution in [1.82, 2.24) is 4.90 Å². The maximum atomic E-state index is 12.4. The quantitative estimate of drug-likeness (QED) is 0.0809. The third-order valence-electron chi connectivity index (χ3n) is 3.57. The van der Waals surface area contributed by atoms with Gasteiger partial charge in [0.2, 0.25) is 5.24 Å². The van der Waals surface area contributed by atoms with E-state index in [4.69, 9.17) is 16.7 Å². The fourth-order valence-corrected chi connectivity index (χ4v) is 1.51. The van der Waals surface area contributed by atoms with Crippen LogP contribution in [0.3, 0.4) is 0 Å². The van der Waals surface area contributed by atoms with E-state index >= 15 is 0 Å². The molecule has 220 valence electrons. The van der Waals surface area contributed by atoms with Crippen molar-refractivity contribution < 1.29 is 122 Å². The van der Waals surface area contributed by atoms with Crippen LogP contribution in [0.5, 0.6) is 0 Å². The summed E-state index contributed by atoms with van der Waals surface area (Å²) in [6, 6.07) is 0. The van der Waals surface area contributed by atoms with Gasteiger partial charge in [-0.15, -0.1) is 0 Å². The fraction of sp³-hybridized carbons (Fsp3) is 0.889. The number of aliphatic hydroxyl groups excluding tert-OH is 1. The summed E-state index contributed by atoms with van der Waals surface area (Å²) in [6.07, 6.45) is 0. The monoisotopic (exact) mass is 645 g/mol. The number of hydrogen-bond donors (Lipinski definition) is 1. The molecular weight excluding hydrogens is 612 g/mol. The van der Waals surface area contributed by atoms with Crippen LogP contribution in [0.2, 0.25) is 0 Å². The first-order valence-electron chi connectivity index (χ1n) is 10.2. The van der Waals surface area contributed by atoms with Crippen LogP contribution in [0.15, 0.2) is 0 Å². The minimum absolute atomic E-state index is 0. The number of alkyl halides is 4. The van der Waals surface area contributed by atoms with E-state index < -0.39 is 55.8 Å². The number of halogens is 5. The van der Waals surface area contributed by atoms with Crippen molar-refractivity contribution in [1.29, 1.82) is 0 Å². The van der Waals surface area contributed by atoms with Crippen molar-refractivity contribution >= 4 is 43.0 Å². The molecule has 0 aliphatic heterocycles. The van der Waals surface area contributed by atoms with Crippen molar-refractivity contribution in [2.75, 3.05) is 32.8 Å². The van der Waals surface area contributed by atoms with Gasteiger partial charge in [0.25, 0.3) is 0 Å². The van der Waals surface area contributed by atoms with Gasteiger partial charge in [-0.2, -0.15) is 17.6 Å². The number of hydrogen-bond acceptors (Lipinski definition) is 11. The maximum Gasteiger partial charge on any atom is 1.00 e. The Morgan fingerprint density at radius 1 is 0.842 bits per heavy atom. The zero-order valence-electron chi connectivity index (χ0n) is 23.0. The van der Waals surface area contributed by atoms with Crippen LogP contribution >= 0.6 is 11.6 Å². The van der Waals surface area contributed by atoms with Crippen molar-refractivity contribution in [3.05, 3.63) is 0 Å². The Morgan fingerprint density at radius 2 is 1.13 bits per heavy atom. The van der Waals surface area contributed by atoms with Gasteiger partial charge in [0, 0.05) is 5.92 Å². The molecule has 0 heterocycles. The van der Waals surface area contributed by atoms with Gasteiger partial charge in [-0.25, -0.2) is 16.8 Å². The average Bonchev–Trinajstić information content (AvgIpc) is 2.72. The standard InChI is InChI=1S/C6H10F2O5S.C6H15N.C4H7ClO.C2H4F2O4S.2Na/c1-4(2)5(9)13-3-6(7,8)14(10,11)12;1-4-7(5-2)6-3;1-3(2)4(5)6;3-2(4,1-5)9(6,7)8;;/h4H,3H2,1-2H3,(H,10,11,12);4-6H2,1-3H3;3H,1-2H3;5H,1H2,(H,6,7,8);;/q;;;;2*+1/p-2. The molecule has 0 saturated heterocycles. The van der Waals surface area contributed by atoms with Crippen LogP contribution in [0, 0.1) is 11.8 Å². The Labute approximate surface area is 271 Å². The van der Waals surface area contributed by atoms with Crippen LogP contribution in [0.1, 0.15) is 48.5 Å². The molecule has 0 radical (unpaired) electrons. The molecule has 0 aliphatic carbocycles. The summed E-state index contributed by atoms with van der Waals surface area (Å²) in [5.41, 5.74) is 0. The molecule has 0 fully saturated rings. The summed E-state index contributed by atoms with van der Waals surface area (Å²) in [6.45, 7) is 12.7. The van der Waals surface area contributed by atoms with Crippen LogP contribution in [-0.4, -0.2) is 90.5 Å². The Hall–Kier alpha value is 0.890. The molecule has 38 heavy (non-hydrogen) atoms. The van der Waals surface area contributed by atoms with E-state index in [1.54, 1.807) is 13.8 Å². The predicted octanol–water partition coefficient (Wildman–Crippen LogP) is -3.80. The molecule has 0 rings (SSSR count). The molecule has 0 aliphatic rings. The van der Waals surface area contributed by atoms with Gasteiger partial charge in [0.15, 0.2) is 26.8 Å². The SMILES string of the molecule is CC(C)C(=O)Cl.CC(C)C(=O)OCC(F)(F)S(=O)(=O)[O-].CCN(CC)CC.O=S(=O)([O-])C(F)(F)CO.[Na+].[Na+]. The molecule has 0 spiro atoms. The van der Waals surface area contributed by atoms with Gasteiger partial charge >= 0.3 is 75.6 Å². The summed E-state index contributed by atoms with van der Waals surface area (Å²) in [7, 11) is -11.5. The first-order valence-corrected chi connectivity index (χ1v) is 13.4. The van der Waals surface area contributed by atoms with E-state index in [0.717, 1.165) is 0 Å². The zero-order chi connectivity index (χ0) is 30.1. The number of carbonyl (C=O) groups is 2. The second kappa shape index (κ2) is 24.5. The van der Waals surface area contributed by atoms with Gasteiger partial charge in [0.1, 0.15) is 6.61 Å². The number of aliphatic hydroxyl groups is 1. The summed E-state index contributed by atoms with van der Waals surface area (Å²) in [5.74, 6) is -1.68. The molecule has 0 amide bonds. The molecule has 11 nitrogen and oxygen atoms in total. The third kappa shape index (κ3) is 27.1. The summed E-state index contributed by atoms with van der Waals surface area (Å²) in [4.78, 5) is 22.9. The van der Waals surface area contributed by atoms with E-state index in [9.17, 15) is 53.1 Å². The average molecular weight is 646 g/mol. The van der Waals surface area contributed by atoms with E-state index in [2.05, 4.69) is 30.4 Å². The second-order valence-corrected chi connectivity index (χ2v) is 10.6. The molecule has 0 aromatic carbocycles. The number of rotatable bonds is 10. The minimum Gasteiger partial charge on any atom is -0.743 e. The third-order valence-corrected chi connectivity index (χ3v) is 5.71. The molecule has 20 heteroatoms. The van der Waals surface area contributed by atoms with Crippen LogP contribution in [-0.2, 0) is 34.6 Å². The largest absolute Gasteiger partial charge is 1.00 e. The molecule has 0 atom stereocenters. The van der Waals surface area contributed by atoms with Gasteiger partial charge in [-0.05, 0) is 31.2 Å². The maximum absolute atomic E-state index is 12.4. The molecule has 0 aromatic rings. The minimum atomic E-state index is -5.78. The molecule has 0 saturated carbocycles. The Bertz CT molecular complexity index is 841. The smallest absolute Gasteiger partial charge is 0.743 e. The zero-order valence-corrected chi connectivity index (χ0v) is 29.4. The molecule has 0 aromatic heterocycles. The Balaban J connectivity index is -0.0000000934. The van der Waals surface area contributed by atoms with Crippen molar-refractivity contribution in [2.24, 2.45) is 11.8 Å². The van der Waals surface area contributed by atoms with Gasteiger partial charge in [-0.1, -0.05) is 48.5 Å². The topological polar surface area (TPSA) is 181 Å². The van der Waals surface area contributed by atoms with Crippen LogP contribution < -0.4 is 59.1 Å². The summed E-state index contributed by atoms with van der Waals surface area (Å²) in [5, 5.41) is -1.79. The van der Waals surface area contributed by atoms with E-state index in [1.807, 2.05) is 0 Å². The van der Waals surface area contributed by atoms with Crippen molar-refractivity contribution in [2.45, 2.75) is 59.0 Å². The van der Waals surface area contributed by atoms with Gasteiger partial charge < -0.3 is 23.8 Å². The van der Waals surface area contributed by atoms with E-state index in [0.29, 0.717) is 0 Å². The number of ether oxygens (including phenoxy) is 1. The molecular formula is C18H34ClF4NNa2O10S2. The summed E-state index contributed by atoms with van der Waals surface area (Å²) < 4.78 is 110. The molecule has 1 N–H and O–H groups in total. The van der Waals surface area contributed by atoms with Gasteiger partial charge in [-0.3, -0.25) is 9.59 Å². The van der Waals surface area contributed by atoms with Crippen molar-refractivity contribution in [3.8, 4) is 0 Å².